The fraction of sp³-hybridized carbons (Fsp3) is 0.350. The number of ether oxygens (including phenoxy) is 1. The molecule has 0 saturated heterocycles. The van der Waals surface area contributed by atoms with E-state index in [1.807, 2.05) is 31.2 Å². The zero-order valence-electron chi connectivity index (χ0n) is 14.3. The summed E-state index contributed by atoms with van der Waals surface area (Å²) in [6.07, 6.45) is 0.847. The molecule has 0 saturated carbocycles. The monoisotopic (exact) mass is 311 g/mol. The molecule has 1 N–H and O–H groups in total. The van der Waals surface area contributed by atoms with Crippen LogP contribution < -0.4 is 10.1 Å². The third-order valence-electron chi connectivity index (χ3n) is 3.94. The molecular formula is C20H25NO2. The van der Waals surface area contributed by atoms with Crippen molar-refractivity contribution >= 4 is 5.91 Å². The van der Waals surface area contributed by atoms with Gasteiger partial charge >= 0.3 is 0 Å². The molecule has 23 heavy (non-hydrogen) atoms. The molecule has 0 bridgehead atoms. The van der Waals surface area contributed by atoms with E-state index in [2.05, 4.69) is 44.3 Å². The lowest BCUT2D eigenvalue weighted by Crippen LogP contribution is -2.32. The van der Waals surface area contributed by atoms with Crippen molar-refractivity contribution in [1.29, 1.82) is 0 Å². The Kier molecular flexibility index (Phi) is 5.80. The lowest BCUT2D eigenvalue weighted by Gasteiger charge is -2.20. The van der Waals surface area contributed by atoms with Crippen LogP contribution in [0.1, 0.15) is 41.6 Å². The highest BCUT2D eigenvalue weighted by Crippen LogP contribution is 2.21. The number of amides is 1. The molecule has 3 heteroatoms. The fourth-order valence-corrected chi connectivity index (χ4v) is 2.64. The molecule has 3 nitrogen and oxygen atoms in total. The Morgan fingerprint density at radius 1 is 1.04 bits per heavy atom. The first-order chi connectivity index (χ1) is 11.0. The van der Waals surface area contributed by atoms with Crippen molar-refractivity contribution in [3.63, 3.8) is 0 Å². The zero-order chi connectivity index (χ0) is 16.8. The summed E-state index contributed by atoms with van der Waals surface area (Å²) in [5, 5.41) is 3.06. The smallest absolute Gasteiger partial charge is 0.258 e. The lowest BCUT2D eigenvalue weighted by atomic mass is 9.97. The third-order valence-corrected chi connectivity index (χ3v) is 3.94. The molecule has 1 amide bonds. The number of benzene rings is 2. The second-order valence-electron chi connectivity index (χ2n) is 5.99. The Labute approximate surface area is 138 Å². The van der Waals surface area contributed by atoms with Crippen molar-refractivity contribution in [3.8, 4) is 5.75 Å². The first kappa shape index (κ1) is 17.1. The molecule has 0 aliphatic carbocycles. The summed E-state index contributed by atoms with van der Waals surface area (Å²) >= 11 is 0. The molecule has 1 unspecified atom stereocenters. The average molecular weight is 311 g/mol. The summed E-state index contributed by atoms with van der Waals surface area (Å²) in [4.78, 5) is 12.2. The van der Waals surface area contributed by atoms with Gasteiger partial charge in [-0.2, -0.15) is 0 Å². The molecule has 0 spiro atoms. The van der Waals surface area contributed by atoms with Gasteiger partial charge in [-0.1, -0.05) is 48.4 Å². The van der Waals surface area contributed by atoms with Crippen LogP contribution in [0.5, 0.6) is 5.75 Å². The van der Waals surface area contributed by atoms with Crippen LogP contribution in [0, 0.1) is 20.8 Å². The van der Waals surface area contributed by atoms with Gasteiger partial charge in [0.25, 0.3) is 5.91 Å². The Balaban J connectivity index is 1.95. The van der Waals surface area contributed by atoms with Gasteiger partial charge in [0.1, 0.15) is 5.75 Å². The molecule has 0 heterocycles. The molecule has 0 aliphatic heterocycles. The minimum absolute atomic E-state index is 0.0183. The van der Waals surface area contributed by atoms with Crippen molar-refractivity contribution in [2.45, 2.75) is 40.2 Å². The predicted octanol–water partition coefficient (Wildman–Crippen LogP) is 4.26. The third kappa shape index (κ3) is 4.85. The summed E-state index contributed by atoms with van der Waals surface area (Å²) in [5.74, 6) is 0.614. The van der Waals surface area contributed by atoms with Crippen molar-refractivity contribution < 1.29 is 9.53 Å². The van der Waals surface area contributed by atoms with E-state index in [4.69, 9.17) is 4.74 Å². The van der Waals surface area contributed by atoms with Crippen LogP contribution in [0.25, 0.3) is 0 Å². The highest BCUT2D eigenvalue weighted by atomic mass is 16.5. The molecule has 122 valence electrons. The second kappa shape index (κ2) is 7.82. The van der Waals surface area contributed by atoms with E-state index in [0.717, 1.165) is 6.42 Å². The van der Waals surface area contributed by atoms with Crippen molar-refractivity contribution in [2.24, 2.45) is 0 Å². The van der Waals surface area contributed by atoms with E-state index in [1.165, 1.54) is 22.3 Å². The summed E-state index contributed by atoms with van der Waals surface area (Å²) < 4.78 is 5.54. The molecule has 2 aromatic rings. The van der Waals surface area contributed by atoms with Gasteiger partial charge in [0.2, 0.25) is 0 Å². The standard InChI is InChI=1S/C20H25NO2/c1-5-19(18-11-8-15(3)12-16(18)4)21-20(22)13-23-17-9-6-14(2)7-10-17/h6-12,19H,5,13H2,1-4H3,(H,21,22). The average Bonchev–Trinajstić information content (AvgIpc) is 2.52. The van der Waals surface area contributed by atoms with Gasteiger partial charge in [0.15, 0.2) is 6.61 Å². The largest absolute Gasteiger partial charge is 0.484 e. The van der Waals surface area contributed by atoms with Gasteiger partial charge in [-0.05, 0) is 50.5 Å². The minimum Gasteiger partial charge on any atom is -0.484 e. The van der Waals surface area contributed by atoms with Crippen molar-refractivity contribution in [1.82, 2.24) is 5.32 Å². The highest BCUT2D eigenvalue weighted by Gasteiger charge is 2.15. The SMILES string of the molecule is CCC(NC(=O)COc1ccc(C)cc1)c1ccc(C)cc1C. The Morgan fingerprint density at radius 3 is 2.30 bits per heavy atom. The topological polar surface area (TPSA) is 38.3 Å². The Morgan fingerprint density at radius 2 is 1.70 bits per heavy atom. The first-order valence-corrected chi connectivity index (χ1v) is 8.05. The molecule has 0 fully saturated rings. The predicted molar refractivity (Wildman–Crippen MR) is 93.8 cm³/mol. The van der Waals surface area contributed by atoms with Gasteiger partial charge < -0.3 is 10.1 Å². The van der Waals surface area contributed by atoms with Gasteiger partial charge in [-0.25, -0.2) is 0 Å². The van der Waals surface area contributed by atoms with Crippen LogP contribution in [-0.4, -0.2) is 12.5 Å². The van der Waals surface area contributed by atoms with Crippen LogP contribution in [0.15, 0.2) is 42.5 Å². The van der Waals surface area contributed by atoms with E-state index >= 15 is 0 Å². The Bertz CT molecular complexity index is 662. The maximum absolute atomic E-state index is 12.2. The quantitative estimate of drug-likeness (QED) is 0.865. The van der Waals surface area contributed by atoms with Gasteiger partial charge in [0, 0.05) is 0 Å². The zero-order valence-corrected chi connectivity index (χ0v) is 14.3. The van der Waals surface area contributed by atoms with Crippen LogP contribution in [0.2, 0.25) is 0 Å². The number of carbonyl (C=O) groups is 1. The molecule has 1 atom stereocenters. The maximum Gasteiger partial charge on any atom is 0.258 e. The molecule has 2 aromatic carbocycles. The van der Waals surface area contributed by atoms with E-state index in [1.54, 1.807) is 0 Å². The summed E-state index contributed by atoms with van der Waals surface area (Å²) in [7, 11) is 0. The summed E-state index contributed by atoms with van der Waals surface area (Å²) in [5.41, 5.74) is 4.77. The molecule has 0 aliphatic rings. The Hall–Kier alpha value is -2.29. The summed E-state index contributed by atoms with van der Waals surface area (Å²) in [6.45, 7) is 8.29. The first-order valence-electron chi connectivity index (χ1n) is 8.05. The normalized spacial score (nSPS) is 11.8. The number of carbonyl (C=O) groups excluding carboxylic acids is 1. The van der Waals surface area contributed by atoms with E-state index < -0.39 is 0 Å². The molecule has 0 aromatic heterocycles. The molecular weight excluding hydrogens is 286 g/mol. The summed E-state index contributed by atoms with van der Waals surface area (Å²) in [6, 6.07) is 14.0. The van der Waals surface area contributed by atoms with Crippen LogP contribution in [0.4, 0.5) is 0 Å². The van der Waals surface area contributed by atoms with E-state index in [9.17, 15) is 4.79 Å². The number of hydrogen-bond acceptors (Lipinski definition) is 2. The molecule has 0 radical (unpaired) electrons. The van der Waals surface area contributed by atoms with Crippen molar-refractivity contribution in [2.75, 3.05) is 6.61 Å². The van der Waals surface area contributed by atoms with Gasteiger partial charge in [0.05, 0.1) is 6.04 Å². The van der Waals surface area contributed by atoms with Gasteiger partial charge in [-0.15, -0.1) is 0 Å². The van der Waals surface area contributed by atoms with Crippen LogP contribution in [0.3, 0.4) is 0 Å². The number of rotatable bonds is 6. The number of hydrogen-bond donors (Lipinski definition) is 1. The second-order valence-corrected chi connectivity index (χ2v) is 5.99. The van der Waals surface area contributed by atoms with Crippen LogP contribution >= 0.6 is 0 Å². The number of aryl methyl sites for hydroxylation is 3. The van der Waals surface area contributed by atoms with E-state index in [0.29, 0.717) is 5.75 Å². The van der Waals surface area contributed by atoms with E-state index in [-0.39, 0.29) is 18.6 Å². The van der Waals surface area contributed by atoms with Crippen molar-refractivity contribution in [3.05, 3.63) is 64.7 Å². The van der Waals surface area contributed by atoms with Gasteiger partial charge in [-0.3, -0.25) is 4.79 Å². The lowest BCUT2D eigenvalue weighted by molar-refractivity contribution is -0.123. The number of nitrogens with one attached hydrogen (secondary N) is 1. The van der Waals surface area contributed by atoms with Crippen LogP contribution in [-0.2, 0) is 4.79 Å². The maximum atomic E-state index is 12.2. The minimum atomic E-state index is -0.0996. The molecule has 2 rings (SSSR count). The highest BCUT2D eigenvalue weighted by molar-refractivity contribution is 5.78. The fourth-order valence-electron chi connectivity index (χ4n) is 2.64.